The summed E-state index contributed by atoms with van der Waals surface area (Å²) in [5.41, 5.74) is 0.818. The Bertz CT molecular complexity index is 332. The van der Waals surface area contributed by atoms with Crippen molar-refractivity contribution in [3.63, 3.8) is 0 Å². The molecule has 1 N–H and O–H groups in total. The predicted molar refractivity (Wildman–Crippen MR) is 55.7 cm³/mol. The molecule has 0 amide bonds. The van der Waals surface area contributed by atoms with Crippen molar-refractivity contribution in [2.75, 3.05) is 0 Å². The van der Waals surface area contributed by atoms with Gasteiger partial charge in [0.25, 0.3) is 0 Å². The van der Waals surface area contributed by atoms with Gasteiger partial charge in [-0.25, -0.2) is 0 Å². The summed E-state index contributed by atoms with van der Waals surface area (Å²) in [5, 5.41) is 9.91. The molecule has 1 aromatic rings. The zero-order chi connectivity index (χ0) is 10.1. The van der Waals surface area contributed by atoms with Crippen LogP contribution in [0.2, 0.25) is 5.02 Å². The first-order chi connectivity index (χ1) is 6.66. The molecule has 14 heavy (non-hydrogen) atoms. The summed E-state index contributed by atoms with van der Waals surface area (Å²) in [5.74, 6) is 0.721. The molecule has 1 saturated carbocycles. The van der Waals surface area contributed by atoms with E-state index in [9.17, 15) is 5.11 Å². The summed E-state index contributed by atoms with van der Waals surface area (Å²) >= 11 is 6.01. The SMILES string of the molecule is CC(O)c1ccc(OC2CC2)c(Cl)c1. The highest BCUT2D eigenvalue weighted by Crippen LogP contribution is 2.33. The number of aliphatic hydroxyl groups is 1. The van der Waals surface area contributed by atoms with Crippen LogP contribution in [0, 0.1) is 0 Å². The lowest BCUT2D eigenvalue weighted by Crippen LogP contribution is -1.98. The third kappa shape index (κ3) is 2.20. The molecule has 0 spiro atoms. The first kappa shape index (κ1) is 9.81. The predicted octanol–water partition coefficient (Wildman–Crippen LogP) is 2.93. The van der Waals surface area contributed by atoms with Crippen molar-refractivity contribution in [1.82, 2.24) is 0 Å². The van der Waals surface area contributed by atoms with Crippen molar-refractivity contribution in [1.29, 1.82) is 0 Å². The van der Waals surface area contributed by atoms with E-state index in [1.807, 2.05) is 12.1 Å². The van der Waals surface area contributed by atoms with Gasteiger partial charge in [0.2, 0.25) is 0 Å². The van der Waals surface area contributed by atoms with Crippen LogP contribution in [0.5, 0.6) is 5.75 Å². The minimum absolute atomic E-state index is 0.352. The lowest BCUT2D eigenvalue weighted by Gasteiger charge is -2.09. The number of ether oxygens (including phenoxy) is 1. The lowest BCUT2D eigenvalue weighted by molar-refractivity contribution is 0.199. The van der Waals surface area contributed by atoms with Crippen LogP contribution in [-0.4, -0.2) is 11.2 Å². The largest absolute Gasteiger partial charge is 0.489 e. The van der Waals surface area contributed by atoms with Gasteiger partial charge in [-0.2, -0.15) is 0 Å². The molecule has 1 atom stereocenters. The molecular formula is C11H13ClO2. The summed E-state index contributed by atoms with van der Waals surface area (Å²) in [6, 6.07) is 5.42. The normalized spacial score (nSPS) is 17.9. The van der Waals surface area contributed by atoms with Gasteiger partial charge in [0, 0.05) is 0 Å². The fourth-order valence-electron chi connectivity index (χ4n) is 1.24. The van der Waals surface area contributed by atoms with Gasteiger partial charge in [-0.1, -0.05) is 17.7 Å². The van der Waals surface area contributed by atoms with E-state index in [4.69, 9.17) is 16.3 Å². The van der Waals surface area contributed by atoms with Crippen molar-refractivity contribution in [2.24, 2.45) is 0 Å². The molecule has 0 heterocycles. The highest BCUT2D eigenvalue weighted by atomic mass is 35.5. The Morgan fingerprint density at radius 3 is 2.71 bits per heavy atom. The quantitative estimate of drug-likeness (QED) is 0.835. The Morgan fingerprint density at radius 2 is 2.21 bits per heavy atom. The van der Waals surface area contributed by atoms with Gasteiger partial charge >= 0.3 is 0 Å². The van der Waals surface area contributed by atoms with Crippen molar-refractivity contribution in [3.05, 3.63) is 28.8 Å². The monoisotopic (exact) mass is 212 g/mol. The zero-order valence-corrected chi connectivity index (χ0v) is 8.79. The molecule has 1 fully saturated rings. The molecule has 0 aliphatic heterocycles. The fourth-order valence-corrected chi connectivity index (χ4v) is 1.47. The topological polar surface area (TPSA) is 29.5 Å². The molecular weight excluding hydrogens is 200 g/mol. The molecule has 2 nitrogen and oxygen atoms in total. The van der Waals surface area contributed by atoms with Crippen LogP contribution < -0.4 is 4.74 Å². The van der Waals surface area contributed by atoms with Gasteiger partial charge in [0.15, 0.2) is 0 Å². The maximum atomic E-state index is 9.33. The van der Waals surface area contributed by atoms with Gasteiger partial charge in [0.1, 0.15) is 5.75 Å². The van der Waals surface area contributed by atoms with Crippen molar-refractivity contribution < 1.29 is 9.84 Å². The van der Waals surface area contributed by atoms with Crippen LogP contribution in [0.25, 0.3) is 0 Å². The molecule has 1 aliphatic carbocycles. The van der Waals surface area contributed by atoms with Crippen LogP contribution in [0.15, 0.2) is 18.2 Å². The minimum Gasteiger partial charge on any atom is -0.489 e. The molecule has 0 aromatic heterocycles. The van der Waals surface area contributed by atoms with E-state index < -0.39 is 6.10 Å². The second kappa shape index (κ2) is 3.79. The molecule has 0 saturated heterocycles. The molecule has 1 aromatic carbocycles. The molecule has 0 radical (unpaired) electrons. The Kier molecular flexibility index (Phi) is 2.66. The van der Waals surface area contributed by atoms with Crippen LogP contribution in [0.3, 0.4) is 0 Å². The summed E-state index contributed by atoms with van der Waals surface area (Å²) < 4.78 is 5.58. The number of rotatable bonds is 3. The van der Waals surface area contributed by atoms with E-state index >= 15 is 0 Å². The van der Waals surface area contributed by atoms with Gasteiger partial charge in [-0.3, -0.25) is 0 Å². The van der Waals surface area contributed by atoms with Crippen LogP contribution in [-0.2, 0) is 0 Å². The third-order valence-corrected chi connectivity index (χ3v) is 2.55. The Hall–Kier alpha value is -0.730. The van der Waals surface area contributed by atoms with E-state index in [0.29, 0.717) is 11.1 Å². The minimum atomic E-state index is -0.484. The zero-order valence-electron chi connectivity index (χ0n) is 8.03. The summed E-state index contributed by atoms with van der Waals surface area (Å²) in [4.78, 5) is 0. The van der Waals surface area contributed by atoms with Gasteiger partial charge in [-0.05, 0) is 37.5 Å². The Labute approximate surface area is 88.5 Å². The summed E-state index contributed by atoms with van der Waals surface area (Å²) in [7, 11) is 0. The highest BCUT2D eigenvalue weighted by molar-refractivity contribution is 6.32. The number of hydrogen-bond acceptors (Lipinski definition) is 2. The summed E-state index contributed by atoms with van der Waals surface area (Å²) in [6.45, 7) is 1.72. The van der Waals surface area contributed by atoms with E-state index in [1.165, 1.54) is 0 Å². The maximum Gasteiger partial charge on any atom is 0.138 e. The number of aliphatic hydroxyl groups excluding tert-OH is 1. The van der Waals surface area contributed by atoms with Crippen molar-refractivity contribution in [2.45, 2.75) is 32.0 Å². The molecule has 2 rings (SSSR count). The van der Waals surface area contributed by atoms with Crippen molar-refractivity contribution >= 4 is 11.6 Å². The Morgan fingerprint density at radius 1 is 1.50 bits per heavy atom. The van der Waals surface area contributed by atoms with E-state index in [0.717, 1.165) is 24.2 Å². The summed E-state index contributed by atoms with van der Waals surface area (Å²) in [6.07, 6.45) is 2.11. The van der Waals surface area contributed by atoms with Crippen molar-refractivity contribution in [3.8, 4) is 5.75 Å². The van der Waals surface area contributed by atoms with Gasteiger partial charge in [-0.15, -0.1) is 0 Å². The average Bonchev–Trinajstić information content (AvgIpc) is 2.92. The van der Waals surface area contributed by atoms with Gasteiger partial charge in [0.05, 0.1) is 17.2 Å². The highest BCUT2D eigenvalue weighted by Gasteiger charge is 2.24. The molecule has 3 heteroatoms. The Balaban J connectivity index is 2.17. The fraction of sp³-hybridized carbons (Fsp3) is 0.455. The second-order valence-corrected chi connectivity index (χ2v) is 4.09. The first-order valence-corrected chi connectivity index (χ1v) is 5.19. The third-order valence-electron chi connectivity index (χ3n) is 2.26. The molecule has 1 aliphatic rings. The molecule has 1 unspecified atom stereocenters. The van der Waals surface area contributed by atoms with Crippen LogP contribution in [0.1, 0.15) is 31.4 Å². The molecule has 0 bridgehead atoms. The average molecular weight is 213 g/mol. The number of halogens is 1. The smallest absolute Gasteiger partial charge is 0.138 e. The maximum absolute atomic E-state index is 9.33. The van der Waals surface area contributed by atoms with E-state index in [2.05, 4.69) is 0 Å². The van der Waals surface area contributed by atoms with Crippen LogP contribution in [0.4, 0.5) is 0 Å². The number of benzene rings is 1. The lowest BCUT2D eigenvalue weighted by atomic mass is 10.1. The van der Waals surface area contributed by atoms with Gasteiger partial charge < -0.3 is 9.84 Å². The standard InChI is InChI=1S/C11H13ClO2/c1-7(13)8-2-5-11(10(12)6-8)14-9-3-4-9/h2,5-7,9,13H,3-4H2,1H3. The number of hydrogen-bond donors (Lipinski definition) is 1. The van der Waals surface area contributed by atoms with E-state index in [1.54, 1.807) is 13.0 Å². The van der Waals surface area contributed by atoms with Crippen LogP contribution >= 0.6 is 11.6 Å². The first-order valence-electron chi connectivity index (χ1n) is 4.81. The van der Waals surface area contributed by atoms with E-state index in [-0.39, 0.29) is 0 Å². The molecule has 76 valence electrons. The second-order valence-electron chi connectivity index (χ2n) is 3.68.